The van der Waals surface area contributed by atoms with Gasteiger partial charge in [-0.1, -0.05) is 6.08 Å². The normalized spacial score (nSPS) is 34.4. The van der Waals surface area contributed by atoms with Gasteiger partial charge in [0, 0.05) is 0 Å². The average Bonchev–Trinajstić information content (AvgIpc) is 2.06. The molecule has 3 aliphatic rings. The summed E-state index contributed by atoms with van der Waals surface area (Å²) in [5, 5.41) is 8.66. The molecular formula is C6H8N2O3. The molecule has 60 valence electrons. The van der Waals surface area contributed by atoms with E-state index in [0.29, 0.717) is 6.54 Å². The molecule has 3 heterocycles. The second-order valence-corrected chi connectivity index (χ2v) is 2.54. The van der Waals surface area contributed by atoms with Crippen LogP contribution in [0.1, 0.15) is 0 Å². The van der Waals surface area contributed by atoms with Crippen molar-refractivity contribution in [1.29, 1.82) is 0 Å². The lowest BCUT2D eigenvalue weighted by molar-refractivity contribution is -0.107. The number of rotatable bonds is 0. The lowest BCUT2D eigenvalue weighted by Gasteiger charge is -2.39. The molecule has 1 amide bonds. The van der Waals surface area contributed by atoms with E-state index in [2.05, 4.69) is 5.48 Å². The van der Waals surface area contributed by atoms with Gasteiger partial charge in [-0.25, -0.2) is 4.79 Å². The topological polar surface area (TPSA) is 61.8 Å². The predicted molar refractivity (Wildman–Crippen MR) is 35.7 cm³/mol. The maximum atomic E-state index is 10.5. The van der Waals surface area contributed by atoms with Gasteiger partial charge in [-0.2, -0.15) is 5.48 Å². The van der Waals surface area contributed by atoms with Crippen molar-refractivity contribution >= 4 is 6.09 Å². The van der Waals surface area contributed by atoms with Gasteiger partial charge in [0.25, 0.3) is 0 Å². The van der Waals surface area contributed by atoms with Gasteiger partial charge in [-0.05, 0) is 6.08 Å². The highest BCUT2D eigenvalue weighted by Gasteiger charge is 2.33. The Kier molecular flexibility index (Phi) is 1.33. The van der Waals surface area contributed by atoms with Crippen molar-refractivity contribution in [3.05, 3.63) is 12.2 Å². The third-order valence-electron chi connectivity index (χ3n) is 1.81. The monoisotopic (exact) mass is 156 g/mol. The molecule has 0 aromatic rings. The molecule has 3 aliphatic heterocycles. The Morgan fingerprint density at radius 3 is 2.82 bits per heavy atom. The molecule has 2 bridgehead atoms. The van der Waals surface area contributed by atoms with E-state index in [0.717, 1.165) is 0 Å². The number of carbonyl (C=O) groups is 1. The Balaban J connectivity index is 2.17. The van der Waals surface area contributed by atoms with E-state index in [4.69, 9.17) is 9.94 Å². The maximum absolute atomic E-state index is 10.5. The van der Waals surface area contributed by atoms with Crippen molar-refractivity contribution in [1.82, 2.24) is 10.4 Å². The number of hydroxylamine groups is 1. The highest BCUT2D eigenvalue weighted by Crippen LogP contribution is 2.15. The molecule has 3 rings (SSSR count). The van der Waals surface area contributed by atoms with Crippen LogP contribution in [0, 0.1) is 0 Å². The third-order valence-corrected chi connectivity index (χ3v) is 1.81. The minimum Gasteiger partial charge on any atom is -0.465 e. The van der Waals surface area contributed by atoms with Gasteiger partial charge in [0.2, 0.25) is 0 Å². The summed E-state index contributed by atoms with van der Waals surface area (Å²) in [5.41, 5.74) is 2.61. The molecule has 0 aromatic carbocycles. The lowest BCUT2D eigenvalue weighted by atomic mass is 10.2. The Labute approximate surface area is 63.2 Å². The molecule has 1 saturated heterocycles. The molecule has 2 atom stereocenters. The standard InChI is InChI=1S/C6H8N2O3/c9-6(10)8-3-4-1-2-5(8)7-11-4/h1-2,4-5,7H,3H2,(H,9,10). The van der Waals surface area contributed by atoms with Crippen molar-refractivity contribution in [2.24, 2.45) is 0 Å². The molecule has 2 N–H and O–H groups in total. The van der Waals surface area contributed by atoms with Crippen LogP contribution in [0.15, 0.2) is 12.2 Å². The van der Waals surface area contributed by atoms with E-state index in [-0.39, 0.29) is 12.3 Å². The molecule has 0 spiro atoms. The Bertz CT molecular complexity index is 216. The van der Waals surface area contributed by atoms with Crippen LogP contribution >= 0.6 is 0 Å². The van der Waals surface area contributed by atoms with Crippen LogP contribution in [0.2, 0.25) is 0 Å². The first-order valence-corrected chi connectivity index (χ1v) is 3.36. The average molecular weight is 156 g/mol. The number of fused-ring (bicyclic) bond motifs is 2. The number of nitrogens with one attached hydrogen (secondary N) is 1. The fraction of sp³-hybridized carbons (Fsp3) is 0.500. The number of nitrogens with zero attached hydrogens (tertiary/aromatic N) is 1. The summed E-state index contributed by atoms with van der Waals surface area (Å²) in [6.07, 6.45) is 2.29. The first-order valence-electron chi connectivity index (χ1n) is 3.36. The Hall–Kier alpha value is -1.07. The van der Waals surface area contributed by atoms with Gasteiger partial charge >= 0.3 is 6.09 Å². The molecule has 5 nitrogen and oxygen atoms in total. The largest absolute Gasteiger partial charge is 0.465 e. The quantitative estimate of drug-likeness (QED) is 0.475. The molecule has 0 radical (unpaired) electrons. The van der Waals surface area contributed by atoms with E-state index in [1.807, 2.05) is 6.08 Å². The predicted octanol–water partition coefficient (Wildman–Crippen LogP) is -0.234. The van der Waals surface area contributed by atoms with Gasteiger partial charge in [0.05, 0.1) is 6.54 Å². The summed E-state index contributed by atoms with van der Waals surface area (Å²) in [6, 6.07) is 0. The van der Waals surface area contributed by atoms with Crippen molar-refractivity contribution in [2.75, 3.05) is 6.54 Å². The smallest absolute Gasteiger partial charge is 0.408 e. The maximum Gasteiger partial charge on any atom is 0.408 e. The highest BCUT2D eigenvalue weighted by atomic mass is 16.7. The van der Waals surface area contributed by atoms with Crippen LogP contribution in [-0.2, 0) is 4.84 Å². The third kappa shape index (κ3) is 0.979. The van der Waals surface area contributed by atoms with Gasteiger partial charge in [-0.3, -0.25) is 9.74 Å². The van der Waals surface area contributed by atoms with Crippen LogP contribution in [0.4, 0.5) is 4.79 Å². The minimum atomic E-state index is -0.917. The van der Waals surface area contributed by atoms with Crippen LogP contribution in [0.5, 0.6) is 0 Å². The summed E-state index contributed by atoms with van der Waals surface area (Å²) in [4.78, 5) is 16.9. The van der Waals surface area contributed by atoms with Gasteiger partial charge < -0.3 is 5.11 Å². The minimum absolute atomic E-state index is 0.129. The summed E-state index contributed by atoms with van der Waals surface area (Å²) in [5.74, 6) is 0. The first kappa shape index (κ1) is 6.63. The molecular weight excluding hydrogens is 148 g/mol. The zero-order valence-corrected chi connectivity index (χ0v) is 5.73. The van der Waals surface area contributed by atoms with E-state index in [1.165, 1.54) is 4.90 Å². The number of carboxylic acid groups (broad SMARTS) is 1. The van der Waals surface area contributed by atoms with Crippen LogP contribution in [0.3, 0.4) is 0 Å². The van der Waals surface area contributed by atoms with E-state index >= 15 is 0 Å². The van der Waals surface area contributed by atoms with Crippen LogP contribution in [-0.4, -0.2) is 34.9 Å². The molecule has 11 heavy (non-hydrogen) atoms. The van der Waals surface area contributed by atoms with Gasteiger partial charge in [0.15, 0.2) is 0 Å². The fourth-order valence-electron chi connectivity index (χ4n) is 1.23. The summed E-state index contributed by atoms with van der Waals surface area (Å²) in [7, 11) is 0. The molecule has 0 saturated carbocycles. The van der Waals surface area contributed by atoms with Crippen molar-refractivity contribution in [3.8, 4) is 0 Å². The molecule has 2 unspecified atom stereocenters. The summed E-state index contributed by atoms with van der Waals surface area (Å²) < 4.78 is 0. The van der Waals surface area contributed by atoms with E-state index in [9.17, 15) is 4.79 Å². The zero-order valence-electron chi connectivity index (χ0n) is 5.73. The lowest BCUT2D eigenvalue weighted by Crippen LogP contribution is -2.59. The second kappa shape index (κ2) is 2.21. The Morgan fingerprint density at radius 1 is 1.73 bits per heavy atom. The summed E-state index contributed by atoms with van der Waals surface area (Å²) in [6.45, 7) is 0.420. The Morgan fingerprint density at radius 2 is 2.55 bits per heavy atom. The summed E-state index contributed by atoms with van der Waals surface area (Å²) >= 11 is 0. The van der Waals surface area contributed by atoms with Crippen molar-refractivity contribution in [3.63, 3.8) is 0 Å². The van der Waals surface area contributed by atoms with E-state index < -0.39 is 6.09 Å². The zero-order chi connectivity index (χ0) is 7.84. The van der Waals surface area contributed by atoms with E-state index in [1.54, 1.807) is 6.08 Å². The van der Waals surface area contributed by atoms with Crippen molar-refractivity contribution < 1.29 is 14.7 Å². The highest BCUT2D eigenvalue weighted by molar-refractivity contribution is 5.66. The molecule has 5 heteroatoms. The van der Waals surface area contributed by atoms with Gasteiger partial charge in [0.1, 0.15) is 12.3 Å². The molecule has 0 aliphatic carbocycles. The molecule has 0 aromatic heterocycles. The first-order chi connectivity index (χ1) is 5.27. The van der Waals surface area contributed by atoms with Crippen LogP contribution in [0.25, 0.3) is 0 Å². The fourth-order valence-corrected chi connectivity index (χ4v) is 1.23. The van der Waals surface area contributed by atoms with Crippen LogP contribution < -0.4 is 5.48 Å². The van der Waals surface area contributed by atoms with Gasteiger partial charge in [-0.15, -0.1) is 0 Å². The van der Waals surface area contributed by atoms with Crippen molar-refractivity contribution in [2.45, 2.75) is 12.3 Å². The molecule has 1 fully saturated rings. The number of hydrogen-bond donors (Lipinski definition) is 2. The second-order valence-electron chi connectivity index (χ2n) is 2.54. The number of amides is 1. The number of hydrogen-bond acceptors (Lipinski definition) is 3. The SMILES string of the molecule is O=C(O)N1CC2C=CC1NO2.